The summed E-state index contributed by atoms with van der Waals surface area (Å²) in [5.74, 6) is 2.65. The van der Waals surface area contributed by atoms with Crippen molar-refractivity contribution in [1.82, 2.24) is 15.1 Å². The van der Waals surface area contributed by atoms with Crippen LogP contribution in [0, 0.1) is 26.7 Å². The van der Waals surface area contributed by atoms with Crippen molar-refractivity contribution in [2.45, 2.75) is 47.7 Å². The zero-order chi connectivity index (χ0) is 14.7. The van der Waals surface area contributed by atoms with Crippen molar-refractivity contribution in [3.63, 3.8) is 0 Å². The average Bonchev–Trinajstić information content (AvgIpc) is 2.83. The van der Waals surface area contributed by atoms with Gasteiger partial charge in [0.05, 0.1) is 18.8 Å². The summed E-state index contributed by atoms with van der Waals surface area (Å²) in [6, 6.07) is 4.20. The van der Waals surface area contributed by atoms with Gasteiger partial charge in [0.2, 0.25) is 0 Å². The predicted molar refractivity (Wildman–Crippen MR) is 80.8 cm³/mol. The maximum Gasteiger partial charge on any atom is 0.126 e. The summed E-state index contributed by atoms with van der Waals surface area (Å²) in [7, 11) is 0. The van der Waals surface area contributed by atoms with Gasteiger partial charge in [-0.25, -0.2) is 0 Å². The van der Waals surface area contributed by atoms with Crippen LogP contribution in [0.4, 0.5) is 0 Å². The van der Waals surface area contributed by atoms with Crippen LogP contribution in [-0.4, -0.2) is 16.3 Å². The number of hydrogen-bond acceptors (Lipinski definition) is 3. The van der Waals surface area contributed by atoms with Gasteiger partial charge in [-0.1, -0.05) is 13.8 Å². The van der Waals surface area contributed by atoms with E-state index in [1.807, 2.05) is 11.6 Å². The lowest BCUT2D eigenvalue weighted by Gasteiger charge is -2.06. The van der Waals surface area contributed by atoms with E-state index in [2.05, 4.69) is 50.2 Å². The second-order valence-electron chi connectivity index (χ2n) is 5.93. The summed E-state index contributed by atoms with van der Waals surface area (Å²) in [6.07, 6.45) is 0. The molecule has 0 radical (unpaired) electrons. The van der Waals surface area contributed by atoms with Crippen molar-refractivity contribution in [1.29, 1.82) is 0 Å². The molecule has 2 heterocycles. The Morgan fingerprint density at radius 2 is 2.00 bits per heavy atom. The van der Waals surface area contributed by atoms with Gasteiger partial charge in [0.1, 0.15) is 11.5 Å². The zero-order valence-corrected chi connectivity index (χ0v) is 13.2. The molecule has 0 aromatic carbocycles. The van der Waals surface area contributed by atoms with E-state index in [-0.39, 0.29) is 0 Å². The highest BCUT2D eigenvalue weighted by Crippen LogP contribution is 2.16. The van der Waals surface area contributed by atoms with Gasteiger partial charge in [0, 0.05) is 5.69 Å². The van der Waals surface area contributed by atoms with Crippen molar-refractivity contribution >= 4 is 0 Å². The van der Waals surface area contributed by atoms with E-state index < -0.39 is 0 Å². The van der Waals surface area contributed by atoms with E-state index in [9.17, 15) is 0 Å². The van der Waals surface area contributed by atoms with Crippen molar-refractivity contribution in [3.8, 4) is 0 Å². The molecule has 2 rings (SSSR count). The summed E-state index contributed by atoms with van der Waals surface area (Å²) < 4.78 is 7.93. The van der Waals surface area contributed by atoms with Crippen molar-refractivity contribution < 1.29 is 4.42 Å². The summed E-state index contributed by atoms with van der Waals surface area (Å²) in [5, 5.41) is 7.89. The molecule has 2 aromatic heterocycles. The van der Waals surface area contributed by atoms with Gasteiger partial charge < -0.3 is 9.73 Å². The first kappa shape index (κ1) is 14.9. The topological polar surface area (TPSA) is 43.0 Å². The molecule has 4 heteroatoms. The first-order valence-electron chi connectivity index (χ1n) is 7.25. The van der Waals surface area contributed by atoms with Gasteiger partial charge >= 0.3 is 0 Å². The normalized spacial score (nSPS) is 11.5. The minimum atomic E-state index is 0.652. The second kappa shape index (κ2) is 6.27. The Bertz CT molecular complexity index is 566. The maximum atomic E-state index is 5.94. The first-order valence-corrected chi connectivity index (χ1v) is 7.25. The van der Waals surface area contributed by atoms with E-state index in [0.717, 1.165) is 36.0 Å². The average molecular weight is 275 g/mol. The Balaban J connectivity index is 2.01. The summed E-state index contributed by atoms with van der Waals surface area (Å²) >= 11 is 0. The molecule has 0 bridgehead atoms. The number of nitrogens with zero attached hydrogens (tertiary/aromatic N) is 2. The standard InChI is InChI=1S/C16H25N3O/c1-11(2)8-17-9-16-12(3)6-15(20-16)10-19-14(5)7-13(4)18-19/h6-7,11,17H,8-10H2,1-5H3. The van der Waals surface area contributed by atoms with E-state index in [0.29, 0.717) is 12.5 Å². The molecular weight excluding hydrogens is 250 g/mol. The van der Waals surface area contributed by atoms with E-state index in [1.54, 1.807) is 0 Å². The molecule has 0 fully saturated rings. The first-order chi connectivity index (χ1) is 9.45. The third-order valence-electron chi connectivity index (χ3n) is 3.32. The number of aryl methyl sites for hydroxylation is 3. The van der Waals surface area contributed by atoms with Crippen LogP contribution in [-0.2, 0) is 13.1 Å². The highest BCUT2D eigenvalue weighted by molar-refractivity contribution is 5.20. The van der Waals surface area contributed by atoms with Gasteiger partial charge in [-0.15, -0.1) is 0 Å². The van der Waals surface area contributed by atoms with Crippen LogP contribution < -0.4 is 5.32 Å². The molecule has 4 nitrogen and oxygen atoms in total. The van der Waals surface area contributed by atoms with Crippen LogP contribution in [0.3, 0.4) is 0 Å². The van der Waals surface area contributed by atoms with Gasteiger partial charge in [-0.2, -0.15) is 5.10 Å². The largest absolute Gasteiger partial charge is 0.462 e. The van der Waals surface area contributed by atoms with Crippen LogP contribution in [0.2, 0.25) is 0 Å². The third kappa shape index (κ3) is 3.73. The molecule has 0 atom stereocenters. The van der Waals surface area contributed by atoms with Crippen molar-refractivity contribution in [3.05, 3.63) is 40.6 Å². The Labute approximate surface area is 121 Å². The number of aromatic nitrogens is 2. The molecule has 0 aliphatic carbocycles. The summed E-state index contributed by atoms with van der Waals surface area (Å²) in [5.41, 5.74) is 3.42. The molecule has 2 aromatic rings. The van der Waals surface area contributed by atoms with Gasteiger partial charge in [0.25, 0.3) is 0 Å². The summed E-state index contributed by atoms with van der Waals surface area (Å²) in [4.78, 5) is 0. The zero-order valence-electron chi connectivity index (χ0n) is 13.2. The molecular formula is C16H25N3O. The molecule has 0 saturated heterocycles. The number of hydrogen-bond donors (Lipinski definition) is 1. The number of nitrogens with one attached hydrogen (secondary N) is 1. The predicted octanol–water partition coefficient (Wildman–Crippen LogP) is 3.20. The highest BCUT2D eigenvalue weighted by Gasteiger charge is 2.10. The molecule has 20 heavy (non-hydrogen) atoms. The lowest BCUT2D eigenvalue weighted by Crippen LogP contribution is -2.19. The van der Waals surface area contributed by atoms with Crippen LogP contribution >= 0.6 is 0 Å². The molecule has 0 unspecified atom stereocenters. The van der Waals surface area contributed by atoms with Gasteiger partial charge in [0.15, 0.2) is 0 Å². The SMILES string of the molecule is Cc1cc(C)n(Cc2cc(C)c(CNCC(C)C)o2)n1. The second-order valence-corrected chi connectivity index (χ2v) is 5.93. The molecule has 0 saturated carbocycles. The number of furan rings is 1. The molecule has 0 amide bonds. The fraction of sp³-hybridized carbons (Fsp3) is 0.562. The van der Waals surface area contributed by atoms with Crippen LogP contribution in [0.1, 0.15) is 42.3 Å². The molecule has 0 aliphatic rings. The maximum absolute atomic E-state index is 5.94. The van der Waals surface area contributed by atoms with Crippen LogP contribution in [0.15, 0.2) is 16.5 Å². The van der Waals surface area contributed by atoms with Crippen LogP contribution in [0.25, 0.3) is 0 Å². The van der Waals surface area contributed by atoms with Crippen molar-refractivity contribution in [2.75, 3.05) is 6.54 Å². The van der Waals surface area contributed by atoms with E-state index >= 15 is 0 Å². The summed E-state index contributed by atoms with van der Waals surface area (Å²) in [6.45, 7) is 13.1. The quantitative estimate of drug-likeness (QED) is 0.880. The molecule has 0 spiro atoms. The smallest absolute Gasteiger partial charge is 0.126 e. The van der Waals surface area contributed by atoms with E-state index in [4.69, 9.17) is 4.42 Å². The molecule has 0 aliphatic heterocycles. The molecule has 1 N–H and O–H groups in total. The Morgan fingerprint density at radius 3 is 2.60 bits per heavy atom. The van der Waals surface area contributed by atoms with Gasteiger partial charge in [-0.05, 0) is 50.9 Å². The lowest BCUT2D eigenvalue weighted by molar-refractivity contribution is 0.419. The molecule has 110 valence electrons. The minimum absolute atomic E-state index is 0.652. The van der Waals surface area contributed by atoms with Crippen LogP contribution in [0.5, 0.6) is 0 Å². The van der Waals surface area contributed by atoms with Crippen molar-refractivity contribution in [2.24, 2.45) is 5.92 Å². The lowest BCUT2D eigenvalue weighted by atomic mass is 10.2. The highest BCUT2D eigenvalue weighted by atomic mass is 16.3. The fourth-order valence-corrected chi connectivity index (χ4v) is 2.30. The monoisotopic (exact) mass is 275 g/mol. The minimum Gasteiger partial charge on any atom is -0.462 e. The Morgan fingerprint density at radius 1 is 1.25 bits per heavy atom. The van der Waals surface area contributed by atoms with Gasteiger partial charge in [-0.3, -0.25) is 4.68 Å². The Kier molecular flexibility index (Phi) is 4.65. The van der Waals surface area contributed by atoms with E-state index in [1.165, 1.54) is 5.56 Å². The number of rotatable bonds is 6. The fourth-order valence-electron chi connectivity index (χ4n) is 2.30. The Hall–Kier alpha value is -1.55. The third-order valence-corrected chi connectivity index (χ3v) is 3.32.